The van der Waals surface area contributed by atoms with Crippen molar-refractivity contribution < 1.29 is 62.3 Å². The molecule has 0 fully saturated rings. The van der Waals surface area contributed by atoms with Crippen LogP contribution in [0.2, 0.25) is 0 Å². The van der Waals surface area contributed by atoms with Crippen molar-refractivity contribution in [1.82, 2.24) is 40.7 Å². The third-order valence-electron chi connectivity index (χ3n) is 11.8. The number of aromatic carboxylic acids is 2. The van der Waals surface area contributed by atoms with Crippen molar-refractivity contribution >= 4 is 39.9 Å². The highest BCUT2D eigenvalue weighted by Gasteiger charge is 2.23. The molecular formula is C54H54F2N8O11. The van der Waals surface area contributed by atoms with E-state index < -0.39 is 40.6 Å². The number of nitrogens with one attached hydrogen (secondary N) is 3. The van der Waals surface area contributed by atoms with Crippen molar-refractivity contribution in [2.75, 3.05) is 79.2 Å². The summed E-state index contributed by atoms with van der Waals surface area (Å²) in [5.74, 6) is -4.96. The van der Waals surface area contributed by atoms with Crippen LogP contribution in [0.5, 0.6) is 0 Å². The van der Waals surface area contributed by atoms with Gasteiger partial charge in [0.15, 0.2) is 11.3 Å². The number of amides is 1. The summed E-state index contributed by atoms with van der Waals surface area (Å²) in [6, 6.07) is 29.3. The van der Waals surface area contributed by atoms with Crippen LogP contribution in [0.25, 0.3) is 67.1 Å². The number of carboxylic acids is 2. The van der Waals surface area contributed by atoms with Crippen LogP contribution in [-0.4, -0.2) is 143 Å². The number of carbonyl (C=O) groups excluding carboxylic acids is 1. The number of fused-ring (bicyclic) bond motifs is 2. The molecule has 4 heterocycles. The van der Waals surface area contributed by atoms with Crippen LogP contribution in [0.3, 0.4) is 0 Å². The van der Waals surface area contributed by atoms with Crippen LogP contribution in [-0.2, 0) is 30.2 Å². The molecule has 8 rings (SSSR count). The SMILES string of the molecule is O=C(O)c1cc(-c2cc(C(=O)NCCCOCCOCCOCCOCCOCCCNCc3cc(-c4ccc(F)c(C(=O)O)c4)nc4nn(O)c(-c5ccccc5)c34)c3c(-c4ccccc4)[nH]nc3n2)ccc1F. The Morgan fingerprint density at radius 3 is 1.63 bits per heavy atom. The van der Waals surface area contributed by atoms with Gasteiger partial charge in [-0.25, -0.2) is 28.3 Å². The van der Waals surface area contributed by atoms with Crippen LogP contribution in [0.15, 0.2) is 109 Å². The molecule has 1 amide bonds. The van der Waals surface area contributed by atoms with Gasteiger partial charge in [0.25, 0.3) is 5.91 Å². The fourth-order valence-electron chi connectivity index (χ4n) is 8.13. The van der Waals surface area contributed by atoms with E-state index in [-0.39, 0.29) is 22.6 Å². The summed E-state index contributed by atoms with van der Waals surface area (Å²) < 4.78 is 56.6. The van der Waals surface area contributed by atoms with Crippen LogP contribution in [0.1, 0.15) is 49.5 Å². The largest absolute Gasteiger partial charge is 0.478 e. The highest BCUT2D eigenvalue weighted by atomic mass is 19.1. The van der Waals surface area contributed by atoms with Gasteiger partial charge in [-0.1, -0.05) is 65.5 Å². The quantitative estimate of drug-likeness (QED) is 0.0194. The van der Waals surface area contributed by atoms with Crippen molar-refractivity contribution in [1.29, 1.82) is 0 Å². The van der Waals surface area contributed by atoms with Gasteiger partial charge in [0, 0.05) is 48.6 Å². The van der Waals surface area contributed by atoms with E-state index in [1.807, 2.05) is 60.7 Å². The van der Waals surface area contributed by atoms with Crippen molar-refractivity contribution in [3.63, 3.8) is 0 Å². The monoisotopic (exact) mass is 1030 g/mol. The number of carbonyl (C=O) groups is 3. The third-order valence-corrected chi connectivity index (χ3v) is 11.8. The van der Waals surface area contributed by atoms with Crippen LogP contribution in [0, 0.1) is 11.6 Å². The lowest BCUT2D eigenvalue weighted by Gasteiger charge is -2.11. The Morgan fingerprint density at radius 2 is 1.07 bits per heavy atom. The molecule has 4 aromatic heterocycles. The standard InChI is InChI=1S/C54H54F2N8O11/c55-42-15-13-36(29-39(42)53(66)67)44-31-38(46-49(35-11-5-2-6-12-35)64(70)63-51(46)60-44)33-57-17-7-19-71-21-23-73-25-27-75-28-26-74-24-22-72-20-8-18-58-52(65)41-32-45(37-14-16-43(56)40(30-37)54(68)69)59-50-47(41)48(61-62-50)34-9-3-1-4-10-34/h1-6,9-16,29-32,57,70H,7-8,17-28,33H2,(H,58,65)(H,66,67)(H,68,69)(H,59,61,62). The van der Waals surface area contributed by atoms with Gasteiger partial charge >= 0.3 is 11.9 Å². The first-order chi connectivity index (χ1) is 36.6. The topological polar surface area (TPSA) is 254 Å². The number of pyridine rings is 2. The molecule has 21 heteroatoms. The lowest BCUT2D eigenvalue weighted by Crippen LogP contribution is -2.26. The summed E-state index contributed by atoms with van der Waals surface area (Å²) in [5, 5.41) is 48.8. The molecule has 0 atom stereocenters. The molecule has 0 spiro atoms. The molecule has 0 aliphatic heterocycles. The van der Waals surface area contributed by atoms with E-state index in [0.717, 1.165) is 33.7 Å². The van der Waals surface area contributed by atoms with Crippen LogP contribution in [0.4, 0.5) is 8.78 Å². The van der Waals surface area contributed by atoms with E-state index in [1.165, 1.54) is 24.3 Å². The number of ether oxygens (including phenoxy) is 5. The Balaban J connectivity index is 0.675. The lowest BCUT2D eigenvalue weighted by atomic mass is 10.0. The van der Waals surface area contributed by atoms with Crippen molar-refractivity contribution in [3.05, 3.63) is 143 Å². The Kier molecular flexibility index (Phi) is 18.6. The number of carboxylic acid groups (broad SMARTS) is 2. The average molecular weight is 1030 g/mol. The molecule has 390 valence electrons. The summed E-state index contributed by atoms with van der Waals surface area (Å²) >= 11 is 0. The predicted octanol–water partition coefficient (Wildman–Crippen LogP) is 7.67. The van der Waals surface area contributed by atoms with Crippen molar-refractivity contribution in [3.8, 4) is 45.0 Å². The number of hydrogen-bond acceptors (Lipinski definition) is 14. The second kappa shape index (κ2) is 26.2. The summed E-state index contributed by atoms with van der Waals surface area (Å²) in [4.78, 5) is 46.9. The highest BCUT2D eigenvalue weighted by molar-refractivity contribution is 6.11. The average Bonchev–Trinajstić information content (AvgIpc) is 4.03. The summed E-state index contributed by atoms with van der Waals surface area (Å²) in [5.41, 5.74) is 4.42. The molecule has 0 aliphatic rings. The molecule has 75 heavy (non-hydrogen) atoms. The zero-order valence-corrected chi connectivity index (χ0v) is 40.6. The molecule has 0 unspecified atom stereocenters. The van der Waals surface area contributed by atoms with E-state index in [0.29, 0.717) is 138 Å². The molecule has 0 aliphatic carbocycles. The Hall–Kier alpha value is -8.05. The first-order valence-corrected chi connectivity index (χ1v) is 24.1. The minimum atomic E-state index is -1.42. The summed E-state index contributed by atoms with van der Waals surface area (Å²) in [6.45, 7) is 5.18. The van der Waals surface area contributed by atoms with Gasteiger partial charge in [-0.15, -0.1) is 5.10 Å². The van der Waals surface area contributed by atoms with Crippen LogP contribution >= 0.6 is 0 Å². The number of H-pyrrole nitrogens is 1. The first-order valence-electron chi connectivity index (χ1n) is 24.1. The number of halogens is 2. The zero-order valence-electron chi connectivity index (χ0n) is 40.6. The first kappa shape index (κ1) is 53.2. The maximum atomic E-state index is 14.2. The van der Waals surface area contributed by atoms with Gasteiger partial charge in [-0.2, -0.15) is 5.10 Å². The van der Waals surface area contributed by atoms with E-state index in [9.17, 15) is 38.6 Å². The maximum absolute atomic E-state index is 14.2. The molecule has 0 saturated heterocycles. The summed E-state index contributed by atoms with van der Waals surface area (Å²) in [6.07, 6.45) is 1.22. The molecule has 8 aromatic rings. The van der Waals surface area contributed by atoms with E-state index in [4.69, 9.17) is 23.7 Å². The minimum absolute atomic E-state index is 0.241. The number of nitrogens with zero attached hydrogens (tertiary/aromatic N) is 5. The summed E-state index contributed by atoms with van der Waals surface area (Å²) in [7, 11) is 0. The molecule has 19 nitrogen and oxygen atoms in total. The molecule has 0 radical (unpaired) electrons. The number of aromatic nitrogens is 6. The number of rotatable bonds is 29. The van der Waals surface area contributed by atoms with Gasteiger partial charge in [-0.05, 0) is 73.5 Å². The van der Waals surface area contributed by atoms with E-state index in [2.05, 4.69) is 35.9 Å². The zero-order chi connectivity index (χ0) is 52.5. The number of hydrogen-bond donors (Lipinski definition) is 6. The molecular weight excluding hydrogens is 975 g/mol. The van der Waals surface area contributed by atoms with Gasteiger partial charge in [0.2, 0.25) is 0 Å². The predicted molar refractivity (Wildman–Crippen MR) is 272 cm³/mol. The van der Waals surface area contributed by atoms with Gasteiger partial charge in [-0.3, -0.25) is 9.89 Å². The molecule has 6 N–H and O–H groups in total. The fraction of sp³-hybridized carbons (Fsp3) is 0.278. The second-order valence-corrected chi connectivity index (χ2v) is 16.9. The van der Waals surface area contributed by atoms with E-state index >= 15 is 0 Å². The number of aromatic amines is 1. The van der Waals surface area contributed by atoms with E-state index in [1.54, 1.807) is 12.1 Å². The maximum Gasteiger partial charge on any atom is 0.338 e. The molecule has 0 saturated carbocycles. The number of benzene rings is 4. The Labute approximate surface area is 428 Å². The normalized spacial score (nSPS) is 11.4. The smallest absolute Gasteiger partial charge is 0.338 e. The lowest BCUT2D eigenvalue weighted by molar-refractivity contribution is -0.0112. The Morgan fingerprint density at radius 1 is 0.560 bits per heavy atom. The van der Waals surface area contributed by atoms with Crippen LogP contribution < -0.4 is 10.6 Å². The Bertz CT molecular complexity index is 3230. The fourth-order valence-corrected chi connectivity index (χ4v) is 8.13. The minimum Gasteiger partial charge on any atom is -0.478 e. The van der Waals surface area contributed by atoms with Gasteiger partial charge in [0.05, 0.1) is 97.4 Å². The third kappa shape index (κ3) is 13.8. The van der Waals surface area contributed by atoms with Gasteiger partial charge in [0.1, 0.15) is 17.3 Å². The van der Waals surface area contributed by atoms with Crippen molar-refractivity contribution in [2.45, 2.75) is 19.4 Å². The van der Waals surface area contributed by atoms with Crippen molar-refractivity contribution in [2.24, 2.45) is 0 Å². The molecule has 0 bridgehead atoms. The highest BCUT2D eigenvalue weighted by Crippen LogP contribution is 2.34. The van der Waals surface area contributed by atoms with Gasteiger partial charge < -0.3 is 49.7 Å². The second-order valence-electron chi connectivity index (χ2n) is 16.9. The molecule has 4 aromatic carbocycles.